The van der Waals surface area contributed by atoms with Crippen LogP contribution in [0.2, 0.25) is 0 Å². The molecule has 0 saturated carbocycles. The molecule has 0 aromatic heterocycles. The first kappa shape index (κ1) is 15.1. The summed E-state index contributed by atoms with van der Waals surface area (Å²) in [5.74, 6) is 0.769. The molecule has 19 heavy (non-hydrogen) atoms. The van der Waals surface area contributed by atoms with Gasteiger partial charge >= 0.3 is 6.18 Å². The third-order valence-corrected chi connectivity index (χ3v) is 2.55. The summed E-state index contributed by atoms with van der Waals surface area (Å²) in [7, 11) is 2.83. The van der Waals surface area contributed by atoms with E-state index in [-0.39, 0.29) is 12.8 Å². The van der Waals surface area contributed by atoms with Crippen molar-refractivity contribution in [3.05, 3.63) is 23.8 Å². The van der Waals surface area contributed by atoms with Crippen molar-refractivity contribution in [1.29, 1.82) is 0 Å². The van der Waals surface area contributed by atoms with Gasteiger partial charge in [-0.1, -0.05) is 6.07 Å². The second-order valence-electron chi connectivity index (χ2n) is 3.77. The van der Waals surface area contributed by atoms with Gasteiger partial charge in [0.05, 0.1) is 14.2 Å². The van der Waals surface area contributed by atoms with Crippen LogP contribution >= 0.6 is 0 Å². The van der Waals surface area contributed by atoms with E-state index in [4.69, 9.17) is 9.47 Å². The number of benzene rings is 1. The number of carbonyl (C=O) groups excluding carboxylic acids is 1. The molecule has 1 aromatic rings. The van der Waals surface area contributed by atoms with Crippen LogP contribution in [0.15, 0.2) is 18.2 Å². The molecule has 0 saturated heterocycles. The third kappa shape index (κ3) is 4.04. The number of hydrogen-bond donors (Lipinski definition) is 1. The maximum atomic E-state index is 12.6. The van der Waals surface area contributed by atoms with Gasteiger partial charge in [0.2, 0.25) is 6.41 Å². The first-order valence-electron chi connectivity index (χ1n) is 5.39. The fourth-order valence-corrected chi connectivity index (χ4v) is 1.59. The molecule has 0 aliphatic rings. The van der Waals surface area contributed by atoms with Crippen LogP contribution in [0.4, 0.5) is 13.2 Å². The normalized spacial score (nSPS) is 12.7. The van der Waals surface area contributed by atoms with Crippen LogP contribution in [0.5, 0.6) is 11.5 Å². The lowest BCUT2D eigenvalue weighted by Gasteiger charge is -2.20. The van der Waals surface area contributed by atoms with E-state index in [1.165, 1.54) is 32.4 Å². The molecule has 0 fully saturated rings. The van der Waals surface area contributed by atoms with E-state index >= 15 is 0 Å². The predicted molar refractivity (Wildman–Crippen MR) is 62.3 cm³/mol. The topological polar surface area (TPSA) is 47.6 Å². The van der Waals surface area contributed by atoms with Crippen LogP contribution in [0.1, 0.15) is 5.56 Å². The maximum absolute atomic E-state index is 12.6. The van der Waals surface area contributed by atoms with E-state index < -0.39 is 12.2 Å². The predicted octanol–water partition coefficient (Wildman–Crippen LogP) is 1.92. The molecule has 0 heterocycles. The molecule has 1 amide bonds. The Labute approximate surface area is 108 Å². The van der Waals surface area contributed by atoms with Gasteiger partial charge in [-0.3, -0.25) is 4.79 Å². The van der Waals surface area contributed by atoms with Crippen LogP contribution < -0.4 is 14.8 Å². The van der Waals surface area contributed by atoms with Gasteiger partial charge < -0.3 is 14.8 Å². The first-order chi connectivity index (χ1) is 8.92. The van der Waals surface area contributed by atoms with Gasteiger partial charge in [-0.25, -0.2) is 0 Å². The van der Waals surface area contributed by atoms with Crippen molar-refractivity contribution < 1.29 is 27.4 Å². The van der Waals surface area contributed by atoms with Crippen molar-refractivity contribution in [3.8, 4) is 11.5 Å². The van der Waals surface area contributed by atoms with Gasteiger partial charge in [0, 0.05) is 6.42 Å². The lowest BCUT2D eigenvalue weighted by molar-refractivity contribution is -0.158. The molecule has 1 N–H and O–H groups in total. The molecule has 7 heteroatoms. The highest BCUT2D eigenvalue weighted by Crippen LogP contribution is 2.30. The molecule has 1 atom stereocenters. The number of carbonyl (C=O) groups is 1. The van der Waals surface area contributed by atoms with Crippen LogP contribution in [-0.4, -0.2) is 32.8 Å². The highest BCUT2D eigenvalue weighted by Gasteiger charge is 2.39. The number of alkyl halides is 3. The quantitative estimate of drug-likeness (QED) is 0.808. The average Bonchev–Trinajstić information content (AvgIpc) is 2.37. The first-order valence-corrected chi connectivity index (χ1v) is 5.39. The van der Waals surface area contributed by atoms with E-state index in [1.54, 1.807) is 5.32 Å². The third-order valence-electron chi connectivity index (χ3n) is 2.55. The Morgan fingerprint density at radius 2 is 1.89 bits per heavy atom. The van der Waals surface area contributed by atoms with Crippen molar-refractivity contribution in [2.24, 2.45) is 0 Å². The van der Waals surface area contributed by atoms with Gasteiger partial charge in [-0.05, 0) is 17.7 Å². The summed E-state index contributed by atoms with van der Waals surface area (Å²) in [4.78, 5) is 10.2. The molecule has 0 aliphatic heterocycles. The largest absolute Gasteiger partial charge is 0.493 e. The van der Waals surface area contributed by atoms with Crippen LogP contribution in [0, 0.1) is 0 Å². The highest BCUT2D eigenvalue weighted by molar-refractivity contribution is 5.48. The number of methoxy groups -OCH3 is 2. The summed E-state index contributed by atoms with van der Waals surface area (Å²) in [6.07, 6.45) is -4.84. The Hall–Kier alpha value is -1.92. The van der Waals surface area contributed by atoms with E-state index in [0.717, 1.165) is 0 Å². The Morgan fingerprint density at radius 1 is 1.26 bits per heavy atom. The fraction of sp³-hybridized carbons (Fsp3) is 0.417. The lowest BCUT2D eigenvalue weighted by Crippen LogP contribution is -2.43. The number of amides is 1. The van der Waals surface area contributed by atoms with Gasteiger partial charge in [-0.2, -0.15) is 13.2 Å². The summed E-state index contributed by atoms with van der Waals surface area (Å²) in [6.45, 7) is 0. The fourth-order valence-electron chi connectivity index (χ4n) is 1.59. The molecule has 106 valence electrons. The number of hydrogen-bond acceptors (Lipinski definition) is 3. The van der Waals surface area contributed by atoms with Crippen LogP contribution in [0.25, 0.3) is 0 Å². The van der Waals surface area contributed by atoms with Crippen molar-refractivity contribution in [3.63, 3.8) is 0 Å². The Balaban J connectivity index is 2.94. The molecular weight excluding hydrogens is 263 g/mol. The smallest absolute Gasteiger partial charge is 0.408 e. The summed E-state index contributed by atoms with van der Waals surface area (Å²) in [6, 6.07) is 2.53. The Kier molecular flexibility index (Phi) is 5.02. The molecular formula is C12H14F3NO3. The van der Waals surface area contributed by atoms with Crippen molar-refractivity contribution in [2.75, 3.05) is 14.2 Å². The second kappa shape index (κ2) is 6.31. The van der Waals surface area contributed by atoms with Crippen LogP contribution in [0.3, 0.4) is 0 Å². The lowest BCUT2D eigenvalue weighted by atomic mass is 10.0. The van der Waals surface area contributed by atoms with Gasteiger partial charge in [0.15, 0.2) is 11.5 Å². The highest BCUT2D eigenvalue weighted by atomic mass is 19.4. The van der Waals surface area contributed by atoms with Crippen molar-refractivity contribution in [2.45, 2.75) is 18.6 Å². The summed E-state index contributed by atoms with van der Waals surface area (Å²) in [5.41, 5.74) is 0.384. The zero-order valence-corrected chi connectivity index (χ0v) is 10.5. The van der Waals surface area contributed by atoms with Crippen LogP contribution in [-0.2, 0) is 11.2 Å². The van der Waals surface area contributed by atoms with Gasteiger partial charge in [-0.15, -0.1) is 0 Å². The second-order valence-corrected chi connectivity index (χ2v) is 3.77. The minimum atomic E-state index is -4.51. The molecule has 0 unspecified atom stereocenters. The van der Waals surface area contributed by atoms with E-state index in [0.29, 0.717) is 17.1 Å². The summed E-state index contributed by atoms with van der Waals surface area (Å²) in [5, 5.41) is 1.76. The standard InChI is InChI=1S/C12H14F3NO3/c1-18-9-4-3-8(5-10(9)19-2)6-11(16-7-17)12(13,14)15/h3-5,7,11H,6H2,1-2H3,(H,16,17)/t11-/m1/s1. The van der Waals surface area contributed by atoms with Crippen molar-refractivity contribution in [1.82, 2.24) is 5.32 Å². The average molecular weight is 277 g/mol. The molecule has 0 spiro atoms. The number of halogens is 3. The molecule has 0 aliphatic carbocycles. The summed E-state index contributed by atoms with van der Waals surface area (Å²) < 4.78 is 47.9. The van der Waals surface area contributed by atoms with Gasteiger partial charge in [0.1, 0.15) is 6.04 Å². The minimum Gasteiger partial charge on any atom is -0.493 e. The SMILES string of the molecule is COc1ccc(C[C@@H](NC=O)C(F)(F)F)cc1OC. The molecule has 1 aromatic carbocycles. The molecule has 0 radical (unpaired) electrons. The Bertz CT molecular complexity index is 435. The molecule has 0 bridgehead atoms. The summed E-state index contributed by atoms with van der Waals surface area (Å²) >= 11 is 0. The number of ether oxygens (including phenoxy) is 2. The number of rotatable bonds is 6. The van der Waals surface area contributed by atoms with Gasteiger partial charge in [0.25, 0.3) is 0 Å². The monoisotopic (exact) mass is 277 g/mol. The maximum Gasteiger partial charge on any atom is 0.408 e. The van der Waals surface area contributed by atoms with Crippen molar-refractivity contribution >= 4 is 6.41 Å². The number of nitrogens with one attached hydrogen (secondary N) is 1. The Morgan fingerprint density at radius 3 is 2.37 bits per heavy atom. The molecule has 1 rings (SSSR count). The minimum absolute atomic E-state index is 0.0406. The van der Waals surface area contributed by atoms with E-state index in [2.05, 4.69) is 0 Å². The molecule has 4 nitrogen and oxygen atoms in total. The van der Waals surface area contributed by atoms with E-state index in [1.807, 2.05) is 0 Å². The zero-order valence-electron chi connectivity index (χ0n) is 10.5. The van der Waals surface area contributed by atoms with E-state index in [9.17, 15) is 18.0 Å². The zero-order chi connectivity index (χ0) is 14.5.